The number of alkyl halides is 1. The Morgan fingerprint density at radius 3 is 2.13 bits per heavy atom. The van der Waals surface area contributed by atoms with Crippen LogP contribution in [0.3, 0.4) is 0 Å². The Balaban J connectivity index is 2.62. The van der Waals surface area contributed by atoms with E-state index in [0.717, 1.165) is 41.3 Å². The van der Waals surface area contributed by atoms with Gasteiger partial charge in [0.05, 0.1) is 23.2 Å². The van der Waals surface area contributed by atoms with Gasteiger partial charge in [-0.05, 0) is 31.9 Å². The maximum absolute atomic E-state index is 12.2. The van der Waals surface area contributed by atoms with Crippen LogP contribution in [0.2, 0.25) is 0 Å². The van der Waals surface area contributed by atoms with Crippen LogP contribution in [0.4, 0.5) is 34.3 Å². The standard InChI is InChI=1S/C22H33ClN6O2/c1-7-15(8-2)31-18-9-13(3)27-22(21(18)28-19(30)12-23)29-20-16(25-5)10-14(24-4)11-17(20)26-6/h9-11,15,24-26H,7-8,12H2,1-6H3,(H,27,29)(H,28,30). The highest BCUT2D eigenvalue weighted by Crippen LogP contribution is 2.40. The van der Waals surface area contributed by atoms with Crippen LogP contribution in [0.15, 0.2) is 18.2 Å². The number of halogens is 1. The average molecular weight is 449 g/mol. The number of carbonyl (C=O) groups is 1. The summed E-state index contributed by atoms with van der Waals surface area (Å²) in [7, 11) is 5.56. The van der Waals surface area contributed by atoms with Gasteiger partial charge in [0.2, 0.25) is 5.91 Å². The van der Waals surface area contributed by atoms with Crippen molar-refractivity contribution in [1.29, 1.82) is 0 Å². The summed E-state index contributed by atoms with van der Waals surface area (Å²) in [4.78, 5) is 16.8. The van der Waals surface area contributed by atoms with Crippen molar-refractivity contribution in [3.8, 4) is 5.75 Å². The number of benzene rings is 1. The second kappa shape index (κ2) is 11.5. The van der Waals surface area contributed by atoms with Gasteiger partial charge in [-0.25, -0.2) is 4.98 Å². The van der Waals surface area contributed by atoms with Gasteiger partial charge in [0.25, 0.3) is 0 Å². The third kappa shape index (κ3) is 6.07. The molecule has 0 aliphatic heterocycles. The summed E-state index contributed by atoms with van der Waals surface area (Å²) in [5.41, 5.74) is 4.68. The molecule has 1 aromatic heterocycles. The normalized spacial score (nSPS) is 10.6. The highest BCUT2D eigenvalue weighted by molar-refractivity contribution is 6.29. The summed E-state index contributed by atoms with van der Waals surface area (Å²) in [6.07, 6.45) is 1.72. The van der Waals surface area contributed by atoms with E-state index in [0.29, 0.717) is 17.3 Å². The first-order valence-electron chi connectivity index (χ1n) is 10.4. The molecule has 1 aromatic carbocycles. The van der Waals surface area contributed by atoms with Gasteiger partial charge < -0.3 is 31.3 Å². The summed E-state index contributed by atoms with van der Waals surface area (Å²) in [6, 6.07) is 5.80. The van der Waals surface area contributed by atoms with Crippen LogP contribution in [0.1, 0.15) is 32.4 Å². The van der Waals surface area contributed by atoms with Crippen LogP contribution >= 0.6 is 11.6 Å². The highest BCUT2D eigenvalue weighted by atomic mass is 35.5. The van der Waals surface area contributed by atoms with Gasteiger partial charge in [-0.15, -0.1) is 11.6 Å². The molecule has 0 saturated carbocycles. The summed E-state index contributed by atoms with van der Waals surface area (Å²) in [6.45, 7) is 6.03. The first kappa shape index (κ1) is 24.4. The molecule has 0 spiro atoms. The fourth-order valence-corrected chi connectivity index (χ4v) is 3.26. The second-order valence-corrected chi connectivity index (χ2v) is 7.31. The Morgan fingerprint density at radius 1 is 1.03 bits per heavy atom. The third-order valence-corrected chi connectivity index (χ3v) is 5.15. The van der Waals surface area contributed by atoms with Crippen molar-refractivity contribution in [1.82, 2.24) is 4.98 Å². The molecule has 0 aliphatic carbocycles. The lowest BCUT2D eigenvalue weighted by Gasteiger charge is -2.23. The average Bonchev–Trinajstić information content (AvgIpc) is 2.78. The molecule has 170 valence electrons. The number of rotatable bonds is 11. The molecule has 9 heteroatoms. The van der Waals surface area contributed by atoms with E-state index in [1.54, 1.807) is 0 Å². The Labute approximate surface area is 189 Å². The number of ether oxygens (including phenoxy) is 1. The molecule has 2 aromatic rings. The fraction of sp³-hybridized carbons (Fsp3) is 0.455. The van der Waals surface area contributed by atoms with Crippen molar-refractivity contribution in [2.24, 2.45) is 0 Å². The van der Waals surface area contributed by atoms with Crippen molar-refractivity contribution >= 4 is 51.8 Å². The predicted molar refractivity (Wildman–Crippen MR) is 132 cm³/mol. The fourth-order valence-electron chi connectivity index (χ4n) is 3.19. The molecule has 2 rings (SSSR count). The Bertz CT molecular complexity index is 877. The van der Waals surface area contributed by atoms with E-state index in [1.807, 2.05) is 46.3 Å². The number of anilines is 6. The zero-order valence-corrected chi connectivity index (χ0v) is 19.8. The summed E-state index contributed by atoms with van der Waals surface area (Å²) >= 11 is 5.77. The van der Waals surface area contributed by atoms with E-state index in [1.165, 1.54) is 0 Å². The Kier molecular flexibility index (Phi) is 9.05. The number of carbonyl (C=O) groups excluding carboxylic acids is 1. The molecule has 1 amide bonds. The first-order chi connectivity index (χ1) is 14.9. The molecule has 0 atom stereocenters. The molecule has 0 radical (unpaired) electrons. The largest absolute Gasteiger partial charge is 0.488 e. The number of nitrogens with one attached hydrogen (secondary N) is 5. The molecular formula is C22H33ClN6O2. The molecule has 0 fully saturated rings. The number of pyridine rings is 1. The molecule has 0 saturated heterocycles. The van der Waals surface area contributed by atoms with E-state index < -0.39 is 0 Å². The van der Waals surface area contributed by atoms with E-state index in [4.69, 9.17) is 16.3 Å². The molecule has 0 aliphatic rings. The van der Waals surface area contributed by atoms with Gasteiger partial charge in [0, 0.05) is 38.6 Å². The van der Waals surface area contributed by atoms with Crippen LogP contribution in [0.25, 0.3) is 0 Å². The molecule has 0 unspecified atom stereocenters. The molecule has 1 heterocycles. The van der Waals surface area contributed by atoms with Crippen molar-refractivity contribution in [3.63, 3.8) is 0 Å². The zero-order chi connectivity index (χ0) is 23.0. The van der Waals surface area contributed by atoms with Crippen molar-refractivity contribution in [2.45, 2.75) is 39.7 Å². The maximum Gasteiger partial charge on any atom is 0.239 e. The smallest absolute Gasteiger partial charge is 0.239 e. The number of aryl methyl sites for hydroxylation is 1. The number of nitrogens with zero attached hydrogens (tertiary/aromatic N) is 1. The Hall–Kier alpha value is -2.87. The summed E-state index contributed by atoms with van der Waals surface area (Å²) < 4.78 is 6.22. The molecular weight excluding hydrogens is 416 g/mol. The van der Waals surface area contributed by atoms with E-state index in [-0.39, 0.29) is 17.9 Å². The van der Waals surface area contributed by atoms with Crippen molar-refractivity contribution in [3.05, 3.63) is 23.9 Å². The van der Waals surface area contributed by atoms with Crippen LogP contribution in [-0.2, 0) is 4.79 Å². The SMILES string of the molecule is CCC(CC)Oc1cc(C)nc(Nc2c(NC)cc(NC)cc2NC)c1NC(=O)CCl. The minimum absolute atomic E-state index is 0.0250. The van der Waals surface area contributed by atoms with E-state index >= 15 is 0 Å². The quantitative estimate of drug-likeness (QED) is 0.308. The maximum atomic E-state index is 12.2. The monoisotopic (exact) mass is 448 g/mol. The lowest BCUT2D eigenvalue weighted by Crippen LogP contribution is -2.19. The van der Waals surface area contributed by atoms with Gasteiger partial charge in [0.1, 0.15) is 17.3 Å². The number of aromatic nitrogens is 1. The number of hydrogen-bond donors (Lipinski definition) is 5. The van der Waals surface area contributed by atoms with Crippen LogP contribution in [0.5, 0.6) is 5.75 Å². The van der Waals surface area contributed by atoms with Crippen molar-refractivity contribution < 1.29 is 9.53 Å². The van der Waals surface area contributed by atoms with Gasteiger partial charge in [-0.2, -0.15) is 0 Å². The van der Waals surface area contributed by atoms with Gasteiger partial charge in [-0.1, -0.05) is 13.8 Å². The topological polar surface area (TPSA) is 99.3 Å². The van der Waals surface area contributed by atoms with Gasteiger partial charge in [0.15, 0.2) is 5.82 Å². The minimum Gasteiger partial charge on any atom is -0.488 e. The second-order valence-electron chi connectivity index (χ2n) is 7.04. The molecule has 5 N–H and O–H groups in total. The van der Waals surface area contributed by atoms with Crippen molar-refractivity contribution in [2.75, 3.05) is 53.6 Å². The van der Waals surface area contributed by atoms with Crippen LogP contribution in [-0.4, -0.2) is 44.0 Å². The lowest BCUT2D eigenvalue weighted by atomic mass is 10.1. The lowest BCUT2D eigenvalue weighted by molar-refractivity contribution is -0.113. The first-order valence-corrected chi connectivity index (χ1v) is 11.0. The molecule has 31 heavy (non-hydrogen) atoms. The van der Waals surface area contributed by atoms with E-state index in [9.17, 15) is 4.79 Å². The zero-order valence-electron chi connectivity index (χ0n) is 19.1. The summed E-state index contributed by atoms with van der Waals surface area (Å²) in [5, 5.41) is 15.8. The van der Waals surface area contributed by atoms with Crippen LogP contribution in [0, 0.1) is 6.92 Å². The number of hydrogen-bond acceptors (Lipinski definition) is 7. The van der Waals surface area contributed by atoms with Gasteiger partial charge in [-0.3, -0.25) is 4.79 Å². The Morgan fingerprint density at radius 2 is 1.65 bits per heavy atom. The highest BCUT2D eigenvalue weighted by Gasteiger charge is 2.20. The van der Waals surface area contributed by atoms with E-state index in [2.05, 4.69) is 45.4 Å². The van der Waals surface area contributed by atoms with Crippen LogP contribution < -0.4 is 31.3 Å². The minimum atomic E-state index is -0.335. The number of amides is 1. The third-order valence-electron chi connectivity index (χ3n) is 4.91. The summed E-state index contributed by atoms with van der Waals surface area (Å²) in [5.74, 6) is 0.534. The predicted octanol–water partition coefficient (Wildman–Crippen LogP) is 5.00. The molecule has 0 bridgehead atoms. The molecule has 8 nitrogen and oxygen atoms in total. The van der Waals surface area contributed by atoms with Gasteiger partial charge >= 0.3 is 0 Å².